The first-order valence-electron chi connectivity index (χ1n) is 10.0. The van der Waals surface area contributed by atoms with Crippen LogP contribution in [0.3, 0.4) is 0 Å². The number of pyridine rings is 1. The molecule has 0 atom stereocenters. The van der Waals surface area contributed by atoms with Crippen molar-refractivity contribution in [3.05, 3.63) is 72.4 Å². The average molecular weight is 424 g/mol. The molecule has 0 N–H and O–H groups in total. The Kier molecular flexibility index (Phi) is 7.36. The van der Waals surface area contributed by atoms with E-state index in [1.807, 2.05) is 36.4 Å². The largest absolute Gasteiger partial charge is 0.439 e. The lowest BCUT2D eigenvalue weighted by molar-refractivity contribution is 0.112. The second-order valence-electron chi connectivity index (χ2n) is 7.08. The molecule has 3 rings (SSSR count). The monoisotopic (exact) mass is 423 g/mol. The minimum Gasteiger partial charge on any atom is -0.439 e. The molecule has 0 radical (unpaired) electrons. The molecule has 0 spiro atoms. The highest BCUT2D eigenvalue weighted by Crippen LogP contribution is 2.26. The van der Waals surface area contributed by atoms with Crippen molar-refractivity contribution in [1.29, 1.82) is 0 Å². The van der Waals surface area contributed by atoms with Gasteiger partial charge >= 0.3 is 0 Å². The zero-order chi connectivity index (χ0) is 21.4. The maximum atomic E-state index is 12.4. The molecule has 1 aromatic heterocycles. The number of rotatable bonds is 10. The van der Waals surface area contributed by atoms with E-state index in [0.29, 0.717) is 23.6 Å². The van der Waals surface area contributed by atoms with Gasteiger partial charge < -0.3 is 4.74 Å². The molecule has 0 saturated carbocycles. The fourth-order valence-corrected chi connectivity index (χ4v) is 4.35. The zero-order valence-electron chi connectivity index (χ0n) is 17.0. The molecule has 0 fully saturated rings. The number of carbonyl (C=O) groups excluding carboxylic acids is 1. The third-order valence-electron chi connectivity index (χ3n) is 4.79. The molecule has 156 valence electrons. The van der Waals surface area contributed by atoms with Crippen LogP contribution < -0.4 is 4.74 Å². The number of nitrogens with zero attached hydrogens (tertiary/aromatic N) is 1. The van der Waals surface area contributed by atoms with E-state index < -0.39 is 9.84 Å². The molecule has 6 heteroatoms. The molecule has 3 aromatic rings. The maximum absolute atomic E-state index is 12.4. The van der Waals surface area contributed by atoms with Crippen LogP contribution in [0.25, 0.3) is 11.1 Å². The first kappa shape index (κ1) is 21.7. The fourth-order valence-electron chi connectivity index (χ4n) is 3.04. The third kappa shape index (κ3) is 5.76. The second kappa shape index (κ2) is 10.2. The first-order valence-corrected chi connectivity index (χ1v) is 11.7. The van der Waals surface area contributed by atoms with Crippen molar-refractivity contribution >= 4 is 16.1 Å². The highest BCUT2D eigenvalue weighted by atomic mass is 32.2. The standard InChI is InChI=1S/C24H25NO4S/c1-2-3-4-5-16-30(27,28)23-14-15-24(25-17-23)29-22-12-10-21(11-13-22)20-8-6-19(18-26)7-9-20/h6-15,17-18H,2-5,16H2,1H3. The lowest BCUT2D eigenvalue weighted by Crippen LogP contribution is -2.07. The van der Waals surface area contributed by atoms with Crippen LogP contribution in [-0.2, 0) is 9.84 Å². The molecular weight excluding hydrogens is 398 g/mol. The summed E-state index contributed by atoms with van der Waals surface area (Å²) in [5.74, 6) is 1.08. The molecule has 0 saturated heterocycles. The van der Waals surface area contributed by atoms with Crippen LogP contribution in [0.5, 0.6) is 11.6 Å². The van der Waals surface area contributed by atoms with E-state index >= 15 is 0 Å². The summed E-state index contributed by atoms with van der Waals surface area (Å²) >= 11 is 0. The van der Waals surface area contributed by atoms with Crippen LogP contribution >= 0.6 is 0 Å². The van der Waals surface area contributed by atoms with E-state index in [1.165, 1.54) is 6.20 Å². The molecular formula is C24H25NO4S. The van der Waals surface area contributed by atoms with Crippen LogP contribution in [0.1, 0.15) is 43.0 Å². The van der Waals surface area contributed by atoms with Gasteiger partial charge in [-0.05, 0) is 35.7 Å². The van der Waals surface area contributed by atoms with Gasteiger partial charge in [-0.25, -0.2) is 13.4 Å². The van der Waals surface area contributed by atoms with E-state index in [2.05, 4.69) is 11.9 Å². The number of carbonyl (C=O) groups is 1. The maximum Gasteiger partial charge on any atom is 0.219 e. The van der Waals surface area contributed by atoms with Gasteiger partial charge in [-0.2, -0.15) is 0 Å². The fraction of sp³-hybridized carbons (Fsp3) is 0.250. The van der Waals surface area contributed by atoms with Gasteiger partial charge in [0.25, 0.3) is 0 Å². The summed E-state index contributed by atoms with van der Waals surface area (Å²) in [5, 5.41) is 0. The summed E-state index contributed by atoms with van der Waals surface area (Å²) < 4.78 is 30.5. The van der Waals surface area contributed by atoms with Crippen LogP contribution in [0.2, 0.25) is 0 Å². The Morgan fingerprint density at radius 1 is 0.867 bits per heavy atom. The highest BCUT2D eigenvalue weighted by Gasteiger charge is 2.14. The first-order chi connectivity index (χ1) is 14.5. The van der Waals surface area contributed by atoms with Gasteiger partial charge in [0.05, 0.1) is 10.6 Å². The van der Waals surface area contributed by atoms with Crippen molar-refractivity contribution in [1.82, 2.24) is 4.98 Å². The van der Waals surface area contributed by atoms with Crippen LogP contribution in [0, 0.1) is 0 Å². The molecule has 0 amide bonds. The molecule has 0 aliphatic heterocycles. The molecule has 0 bridgehead atoms. The van der Waals surface area contributed by atoms with Gasteiger partial charge in [0.1, 0.15) is 12.0 Å². The smallest absolute Gasteiger partial charge is 0.219 e. The molecule has 0 aliphatic carbocycles. The Balaban J connectivity index is 1.63. The van der Waals surface area contributed by atoms with Gasteiger partial charge in [0, 0.05) is 17.8 Å². The van der Waals surface area contributed by atoms with Crippen molar-refractivity contribution in [2.45, 2.75) is 37.5 Å². The molecule has 2 aromatic carbocycles. The second-order valence-corrected chi connectivity index (χ2v) is 9.19. The van der Waals surface area contributed by atoms with Crippen molar-refractivity contribution < 1.29 is 17.9 Å². The zero-order valence-corrected chi connectivity index (χ0v) is 17.8. The summed E-state index contributed by atoms with van der Waals surface area (Å²) in [6.45, 7) is 2.09. The number of aromatic nitrogens is 1. The Hall–Kier alpha value is -2.99. The highest BCUT2D eigenvalue weighted by molar-refractivity contribution is 7.91. The van der Waals surface area contributed by atoms with Gasteiger partial charge in [0.15, 0.2) is 9.84 Å². The summed E-state index contributed by atoms with van der Waals surface area (Å²) in [6.07, 6.45) is 5.87. The van der Waals surface area contributed by atoms with Crippen LogP contribution in [-0.4, -0.2) is 25.4 Å². The van der Waals surface area contributed by atoms with Crippen molar-refractivity contribution in [3.8, 4) is 22.8 Å². The van der Waals surface area contributed by atoms with Gasteiger partial charge in [-0.3, -0.25) is 4.79 Å². The molecule has 30 heavy (non-hydrogen) atoms. The van der Waals surface area contributed by atoms with Crippen LogP contribution in [0.4, 0.5) is 0 Å². The molecule has 5 nitrogen and oxygen atoms in total. The third-order valence-corrected chi connectivity index (χ3v) is 6.58. The number of aldehydes is 1. The predicted molar refractivity (Wildman–Crippen MR) is 118 cm³/mol. The minimum absolute atomic E-state index is 0.143. The quantitative estimate of drug-likeness (QED) is 0.309. The van der Waals surface area contributed by atoms with Gasteiger partial charge in [0.2, 0.25) is 5.88 Å². The summed E-state index contributed by atoms with van der Waals surface area (Å²) in [7, 11) is -3.31. The average Bonchev–Trinajstić information content (AvgIpc) is 2.78. The Morgan fingerprint density at radius 2 is 1.53 bits per heavy atom. The molecule has 1 heterocycles. The predicted octanol–water partition coefficient (Wildman–Crippen LogP) is 5.71. The van der Waals surface area contributed by atoms with Gasteiger partial charge in [-0.1, -0.05) is 62.6 Å². The summed E-state index contributed by atoms with van der Waals surface area (Å²) in [6, 6.07) is 17.9. The molecule has 0 unspecified atom stereocenters. The number of hydrogen-bond acceptors (Lipinski definition) is 5. The topological polar surface area (TPSA) is 73.3 Å². The SMILES string of the molecule is CCCCCCS(=O)(=O)c1ccc(Oc2ccc(-c3ccc(C=O)cc3)cc2)nc1. The van der Waals surface area contributed by atoms with Gasteiger partial charge in [-0.15, -0.1) is 0 Å². The lowest BCUT2D eigenvalue weighted by atomic mass is 10.0. The Morgan fingerprint density at radius 3 is 2.10 bits per heavy atom. The Bertz CT molecular complexity index is 1060. The van der Waals surface area contributed by atoms with Crippen molar-refractivity contribution in [3.63, 3.8) is 0 Å². The number of ether oxygens (including phenoxy) is 1. The van der Waals surface area contributed by atoms with Crippen LogP contribution in [0.15, 0.2) is 71.8 Å². The van der Waals surface area contributed by atoms with E-state index in [1.54, 1.807) is 24.3 Å². The van der Waals surface area contributed by atoms with E-state index in [-0.39, 0.29) is 10.6 Å². The number of sulfone groups is 1. The van der Waals surface area contributed by atoms with Crippen molar-refractivity contribution in [2.24, 2.45) is 0 Å². The van der Waals surface area contributed by atoms with E-state index in [0.717, 1.165) is 36.7 Å². The normalized spacial score (nSPS) is 11.2. The number of hydrogen-bond donors (Lipinski definition) is 0. The summed E-state index contributed by atoms with van der Waals surface area (Å²) in [4.78, 5) is 15.1. The lowest BCUT2D eigenvalue weighted by Gasteiger charge is -2.08. The van der Waals surface area contributed by atoms with E-state index in [9.17, 15) is 13.2 Å². The number of benzene rings is 2. The van der Waals surface area contributed by atoms with Crippen molar-refractivity contribution in [2.75, 3.05) is 5.75 Å². The number of unbranched alkanes of at least 4 members (excludes halogenated alkanes) is 3. The minimum atomic E-state index is -3.31. The summed E-state index contributed by atoms with van der Waals surface area (Å²) in [5.41, 5.74) is 2.63. The Labute approximate surface area is 177 Å². The molecule has 0 aliphatic rings. The van der Waals surface area contributed by atoms with E-state index in [4.69, 9.17) is 4.74 Å².